The number of aliphatic hydroxyl groups excluding tert-OH is 1. The number of aromatic nitrogens is 2. The topological polar surface area (TPSA) is 38.0 Å². The number of aliphatic hydroxyl groups is 1. The zero-order chi connectivity index (χ0) is 14.0. The van der Waals surface area contributed by atoms with Crippen LogP contribution < -0.4 is 0 Å². The van der Waals surface area contributed by atoms with E-state index < -0.39 is 17.7 Å². The van der Waals surface area contributed by atoms with Crippen LogP contribution in [0.3, 0.4) is 0 Å². The number of hydrogen-bond donors (Lipinski definition) is 1. The van der Waals surface area contributed by atoms with E-state index in [1.165, 1.54) is 18.2 Å². The lowest BCUT2D eigenvalue weighted by molar-refractivity contribution is 0.163. The van der Waals surface area contributed by atoms with Gasteiger partial charge >= 0.3 is 0 Å². The van der Waals surface area contributed by atoms with E-state index in [1.54, 1.807) is 10.9 Å². The number of aryl methyl sites for hydroxylation is 1. The van der Waals surface area contributed by atoms with E-state index in [0.29, 0.717) is 16.7 Å². The molecule has 1 aromatic carbocycles. The number of rotatable bonds is 4. The van der Waals surface area contributed by atoms with Crippen molar-refractivity contribution in [2.24, 2.45) is 0 Å². The average molecular weight is 331 g/mol. The molecule has 19 heavy (non-hydrogen) atoms. The summed E-state index contributed by atoms with van der Waals surface area (Å²) in [7, 11) is 0. The second-order valence-corrected chi connectivity index (χ2v) is 4.97. The van der Waals surface area contributed by atoms with Crippen molar-refractivity contribution in [2.45, 2.75) is 26.0 Å². The molecular weight excluding hydrogens is 318 g/mol. The summed E-state index contributed by atoms with van der Waals surface area (Å²) in [6.45, 7) is 2.44. The maximum Gasteiger partial charge on any atom is 0.129 e. The molecule has 1 unspecified atom stereocenters. The Morgan fingerprint density at radius 3 is 2.58 bits per heavy atom. The molecule has 102 valence electrons. The van der Waals surface area contributed by atoms with Gasteiger partial charge in [-0.15, -0.1) is 0 Å². The normalized spacial score (nSPS) is 12.7. The summed E-state index contributed by atoms with van der Waals surface area (Å²) >= 11 is 3.28. The van der Waals surface area contributed by atoms with Gasteiger partial charge in [-0.05, 0) is 35.0 Å². The Morgan fingerprint density at radius 1 is 1.37 bits per heavy atom. The fourth-order valence-corrected chi connectivity index (χ4v) is 2.53. The third-order valence-corrected chi connectivity index (χ3v) is 3.52. The van der Waals surface area contributed by atoms with Crippen molar-refractivity contribution in [1.82, 2.24) is 9.78 Å². The molecule has 0 spiro atoms. The van der Waals surface area contributed by atoms with Crippen molar-refractivity contribution < 1.29 is 13.9 Å². The van der Waals surface area contributed by atoms with Crippen molar-refractivity contribution in [2.75, 3.05) is 0 Å². The number of hydrogen-bond acceptors (Lipinski definition) is 2. The molecule has 2 aromatic rings. The van der Waals surface area contributed by atoms with Crippen LogP contribution in [0.1, 0.15) is 24.3 Å². The highest BCUT2D eigenvalue weighted by molar-refractivity contribution is 9.10. The fourth-order valence-electron chi connectivity index (χ4n) is 1.97. The molecule has 6 heteroatoms. The SMILES string of the molecule is CCn1ncc(Br)c1C(O)Cc1c(F)cccc1F. The lowest BCUT2D eigenvalue weighted by Gasteiger charge is -2.14. The van der Waals surface area contributed by atoms with Gasteiger partial charge in [-0.25, -0.2) is 8.78 Å². The Morgan fingerprint density at radius 2 is 2.00 bits per heavy atom. The Hall–Kier alpha value is -1.27. The highest BCUT2D eigenvalue weighted by Crippen LogP contribution is 2.27. The molecule has 0 amide bonds. The van der Waals surface area contributed by atoms with E-state index in [-0.39, 0.29) is 12.0 Å². The van der Waals surface area contributed by atoms with Crippen LogP contribution in [-0.2, 0) is 13.0 Å². The largest absolute Gasteiger partial charge is 0.386 e. The smallest absolute Gasteiger partial charge is 0.129 e. The van der Waals surface area contributed by atoms with Gasteiger partial charge in [-0.3, -0.25) is 4.68 Å². The van der Waals surface area contributed by atoms with Gasteiger partial charge in [0.05, 0.1) is 16.4 Å². The highest BCUT2D eigenvalue weighted by atomic mass is 79.9. The summed E-state index contributed by atoms with van der Waals surface area (Å²) in [5, 5.41) is 14.2. The van der Waals surface area contributed by atoms with Gasteiger partial charge in [0.25, 0.3) is 0 Å². The van der Waals surface area contributed by atoms with Crippen molar-refractivity contribution in [3.8, 4) is 0 Å². The maximum atomic E-state index is 13.6. The molecule has 0 fully saturated rings. The zero-order valence-corrected chi connectivity index (χ0v) is 11.9. The maximum absolute atomic E-state index is 13.6. The Kier molecular flexibility index (Phi) is 4.31. The van der Waals surface area contributed by atoms with E-state index in [9.17, 15) is 13.9 Å². The third kappa shape index (κ3) is 2.84. The summed E-state index contributed by atoms with van der Waals surface area (Å²) in [6, 6.07) is 3.65. The van der Waals surface area contributed by atoms with Crippen LogP contribution in [0.15, 0.2) is 28.9 Å². The Labute approximate surface area is 118 Å². The van der Waals surface area contributed by atoms with Gasteiger partial charge in [0.1, 0.15) is 17.7 Å². The molecular formula is C13H13BrF2N2O. The number of benzene rings is 1. The van der Waals surface area contributed by atoms with Crippen molar-refractivity contribution >= 4 is 15.9 Å². The molecule has 1 N–H and O–H groups in total. The molecule has 0 aliphatic heterocycles. The molecule has 1 aromatic heterocycles. The lowest BCUT2D eigenvalue weighted by atomic mass is 10.0. The first-order valence-corrected chi connectivity index (χ1v) is 6.66. The number of halogens is 3. The van der Waals surface area contributed by atoms with Crippen molar-refractivity contribution in [3.05, 3.63) is 51.8 Å². The van der Waals surface area contributed by atoms with Crippen LogP contribution in [0.5, 0.6) is 0 Å². The highest BCUT2D eigenvalue weighted by Gasteiger charge is 2.20. The molecule has 0 bridgehead atoms. The molecule has 0 saturated carbocycles. The molecule has 0 aliphatic rings. The minimum atomic E-state index is -1.02. The summed E-state index contributed by atoms with van der Waals surface area (Å²) in [5.74, 6) is -1.31. The van der Waals surface area contributed by atoms with Crippen LogP contribution in [0, 0.1) is 11.6 Å². The minimum absolute atomic E-state index is 0.120. The lowest BCUT2D eigenvalue weighted by Crippen LogP contribution is -2.12. The van der Waals surface area contributed by atoms with E-state index >= 15 is 0 Å². The first-order valence-electron chi connectivity index (χ1n) is 5.86. The standard InChI is InChI=1S/C13H13BrF2N2O/c1-2-18-13(9(14)7-17-18)12(19)6-8-10(15)4-3-5-11(8)16/h3-5,7,12,19H,2,6H2,1H3. The summed E-state index contributed by atoms with van der Waals surface area (Å²) in [4.78, 5) is 0. The zero-order valence-electron chi connectivity index (χ0n) is 10.3. The van der Waals surface area contributed by atoms with Crippen LogP contribution in [0.4, 0.5) is 8.78 Å². The van der Waals surface area contributed by atoms with Gasteiger partial charge in [-0.2, -0.15) is 5.10 Å². The van der Waals surface area contributed by atoms with Crippen molar-refractivity contribution in [3.63, 3.8) is 0 Å². The average Bonchev–Trinajstić information content (AvgIpc) is 2.75. The molecule has 1 atom stereocenters. The molecule has 1 heterocycles. The van der Waals surface area contributed by atoms with Crippen LogP contribution in [-0.4, -0.2) is 14.9 Å². The molecule has 2 rings (SSSR count). The van der Waals surface area contributed by atoms with E-state index in [2.05, 4.69) is 21.0 Å². The Balaban J connectivity index is 2.31. The quantitative estimate of drug-likeness (QED) is 0.934. The van der Waals surface area contributed by atoms with Crippen molar-refractivity contribution in [1.29, 1.82) is 0 Å². The first-order chi connectivity index (χ1) is 9.04. The summed E-state index contributed by atoms with van der Waals surface area (Å²) < 4.78 is 29.3. The fraction of sp³-hybridized carbons (Fsp3) is 0.308. The first kappa shape index (κ1) is 14.1. The van der Waals surface area contributed by atoms with Crippen LogP contribution in [0.25, 0.3) is 0 Å². The van der Waals surface area contributed by atoms with Gasteiger partial charge in [0.2, 0.25) is 0 Å². The molecule has 0 radical (unpaired) electrons. The van der Waals surface area contributed by atoms with Gasteiger partial charge in [0.15, 0.2) is 0 Å². The molecule has 0 saturated heterocycles. The predicted molar refractivity (Wildman–Crippen MR) is 70.6 cm³/mol. The molecule has 0 aliphatic carbocycles. The second-order valence-electron chi connectivity index (χ2n) is 4.11. The van der Waals surface area contributed by atoms with E-state index in [4.69, 9.17) is 0 Å². The van der Waals surface area contributed by atoms with Gasteiger partial charge in [0, 0.05) is 18.5 Å². The van der Waals surface area contributed by atoms with Crippen LogP contribution in [0.2, 0.25) is 0 Å². The van der Waals surface area contributed by atoms with Crippen LogP contribution >= 0.6 is 15.9 Å². The molecule has 3 nitrogen and oxygen atoms in total. The van der Waals surface area contributed by atoms with E-state index in [1.807, 2.05) is 6.92 Å². The predicted octanol–water partition coefficient (Wildman–Crippen LogP) is 3.22. The van der Waals surface area contributed by atoms with E-state index in [0.717, 1.165) is 0 Å². The second kappa shape index (κ2) is 5.79. The van der Waals surface area contributed by atoms with Gasteiger partial charge in [-0.1, -0.05) is 6.07 Å². The number of nitrogens with zero attached hydrogens (tertiary/aromatic N) is 2. The van der Waals surface area contributed by atoms with Gasteiger partial charge < -0.3 is 5.11 Å². The summed E-state index contributed by atoms with van der Waals surface area (Å²) in [5.41, 5.74) is 0.399. The minimum Gasteiger partial charge on any atom is -0.386 e. The Bertz CT molecular complexity index is 566. The third-order valence-electron chi connectivity index (χ3n) is 2.91. The summed E-state index contributed by atoms with van der Waals surface area (Å²) in [6.07, 6.45) is 0.394. The monoisotopic (exact) mass is 330 g/mol.